The van der Waals surface area contributed by atoms with Crippen molar-refractivity contribution in [2.75, 3.05) is 13.1 Å². The van der Waals surface area contributed by atoms with Gasteiger partial charge in [-0.25, -0.2) is 0 Å². The standard InChI is InChI=1S/C9H15N5O3/c1-13-6-7(14(16)17)12-8(13)9(15)11-5-3-2-4-10/h6H,2-5,10H2,1H3,(H,11,15). The van der Waals surface area contributed by atoms with E-state index >= 15 is 0 Å². The molecule has 17 heavy (non-hydrogen) atoms. The van der Waals surface area contributed by atoms with Gasteiger partial charge in [-0.2, -0.15) is 0 Å². The Hall–Kier alpha value is -1.96. The lowest BCUT2D eigenvalue weighted by Crippen LogP contribution is -2.27. The van der Waals surface area contributed by atoms with Crippen LogP contribution in [0.4, 0.5) is 5.82 Å². The van der Waals surface area contributed by atoms with Gasteiger partial charge >= 0.3 is 17.5 Å². The Morgan fingerprint density at radius 3 is 2.88 bits per heavy atom. The predicted octanol–water partition coefficient (Wildman–Crippen LogP) is -0.203. The normalized spacial score (nSPS) is 10.2. The van der Waals surface area contributed by atoms with Crippen molar-refractivity contribution in [3.05, 3.63) is 22.1 Å². The van der Waals surface area contributed by atoms with Crippen molar-refractivity contribution in [2.45, 2.75) is 12.8 Å². The second-order valence-electron chi connectivity index (χ2n) is 3.54. The van der Waals surface area contributed by atoms with Gasteiger partial charge < -0.3 is 25.7 Å². The van der Waals surface area contributed by atoms with Crippen molar-refractivity contribution in [1.29, 1.82) is 0 Å². The number of nitrogens with two attached hydrogens (primary N) is 1. The van der Waals surface area contributed by atoms with Crippen LogP contribution in [0.5, 0.6) is 0 Å². The highest BCUT2D eigenvalue weighted by atomic mass is 16.6. The van der Waals surface area contributed by atoms with E-state index < -0.39 is 10.8 Å². The van der Waals surface area contributed by atoms with E-state index in [1.54, 1.807) is 0 Å². The number of aryl methyl sites for hydroxylation is 1. The van der Waals surface area contributed by atoms with Crippen LogP contribution in [-0.2, 0) is 7.05 Å². The molecule has 8 heteroatoms. The molecule has 1 aromatic rings. The fourth-order valence-electron chi connectivity index (χ4n) is 1.30. The molecule has 0 bridgehead atoms. The number of rotatable bonds is 6. The van der Waals surface area contributed by atoms with Crippen molar-refractivity contribution in [3.8, 4) is 0 Å². The molecular weight excluding hydrogens is 226 g/mol. The molecule has 1 rings (SSSR count). The van der Waals surface area contributed by atoms with Crippen LogP contribution in [0.1, 0.15) is 23.5 Å². The average molecular weight is 241 g/mol. The summed E-state index contributed by atoms with van der Waals surface area (Å²) in [5, 5.41) is 13.1. The molecule has 0 aromatic carbocycles. The number of amides is 1. The second-order valence-corrected chi connectivity index (χ2v) is 3.54. The van der Waals surface area contributed by atoms with Gasteiger partial charge in [0.1, 0.15) is 6.20 Å². The quantitative estimate of drug-likeness (QED) is 0.406. The van der Waals surface area contributed by atoms with Gasteiger partial charge in [0.15, 0.2) is 0 Å². The summed E-state index contributed by atoms with van der Waals surface area (Å²) < 4.78 is 1.33. The number of nitro groups is 1. The van der Waals surface area contributed by atoms with Crippen molar-refractivity contribution in [2.24, 2.45) is 12.8 Å². The van der Waals surface area contributed by atoms with Crippen molar-refractivity contribution in [1.82, 2.24) is 14.9 Å². The van der Waals surface area contributed by atoms with Gasteiger partial charge in [0.05, 0.1) is 0 Å². The lowest BCUT2D eigenvalue weighted by atomic mass is 10.3. The van der Waals surface area contributed by atoms with Crippen LogP contribution < -0.4 is 11.1 Å². The van der Waals surface area contributed by atoms with Gasteiger partial charge in [-0.05, 0) is 29.3 Å². The van der Waals surface area contributed by atoms with Gasteiger partial charge in [0.2, 0.25) is 0 Å². The Morgan fingerprint density at radius 1 is 1.65 bits per heavy atom. The Labute approximate surface area is 98.0 Å². The van der Waals surface area contributed by atoms with Crippen LogP contribution in [0.2, 0.25) is 0 Å². The first-order valence-corrected chi connectivity index (χ1v) is 5.22. The van der Waals surface area contributed by atoms with Crippen molar-refractivity contribution >= 4 is 11.7 Å². The first kappa shape index (κ1) is 13.1. The third kappa shape index (κ3) is 3.52. The Balaban J connectivity index is 2.59. The maximum Gasteiger partial charge on any atom is 0.382 e. The van der Waals surface area contributed by atoms with E-state index in [0.29, 0.717) is 13.1 Å². The first-order valence-electron chi connectivity index (χ1n) is 5.22. The Morgan fingerprint density at radius 2 is 2.35 bits per heavy atom. The van der Waals surface area contributed by atoms with Crippen LogP contribution in [0, 0.1) is 10.1 Å². The number of hydrogen-bond donors (Lipinski definition) is 2. The van der Waals surface area contributed by atoms with Gasteiger partial charge in [-0.15, -0.1) is 0 Å². The Kier molecular flexibility index (Phi) is 4.58. The summed E-state index contributed by atoms with van der Waals surface area (Å²) in [7, 11) is 1.54. The lowest BCUT2D eigenvalue weighted by molar-refractivity contribution is -0.389. The molecule has 0 aliphatic rings. The van der Waals surface area contributed by atoms with Crippen molar-refractivity contribution < 1.29 is 9.72 Å². The van der Waals surface area contributed by atoms with Crippen LogP contribution in [-0.4, -0.2) is 33.5 Å². The number of carbonyl (C=O) groups excluding carboxylic acids is 1. The molecule has 0 saturated carbocycles. The van der Waals surface area contributed by atoms with Crippen molar-refractivity contribution in [3.63, 3.8) is 0 Å². The summed E-state index contributed by atoms with van der Waals surface area (Å²) in [5.74, 6) is -0.721. The largest absolute Gasteiger partial charge is 0.382 e. The third-order valence-electron chi connectivity index (χ3n) is 2.17. The maximum absolute atomic E-state index is 11.6. The molecule has 0 aliphatic carbocycles. The molecule has 0 fully saturated rings. The average Bonchev–Trinajstić information content (AvgIpc) is 2.67. The van der Waals surface area contributed by atoms with Crippen LogP contribution >= 0.6 is 0 Å². The van der Waals surface area contributed by atoms with E-state index in [1.165, 1.54) is 17.8 Å². The fourth-order valence-corrected chi connectivity index (χ4v) is 1.30. The summed E-state index contributed by atoms with van der Waals surface area (Å²) in [6.45, 7) is 1.06. The highest BCUT2D eigenvalue weighted by molar-refractivity contribution is 5.91. The van der Waals surface area contributed by atoms with Gasteiger partial charge in [-0.1, -0.05) is 0 Å². The van der Waals surface area contributed by atoms with Gasteiger partial charge in [0, 0.05) is 13.6 Å². The zero-order chi connectivity index (χ0) is 12.8. The second kappa shape index (κ2) is 5.94. The molecule has 94 valence electrons. The van der Waals surface area contributed by atoms with Gasteiger partial charge in [-0.3, -0.25) is 4.79 Å². The number of hydrogen-bond acceptors (Lipinski definition) is 5. The van der Waals surface area contributed by atoms with E-state index in [2.05, 4.69) is 10.3 Å². The number of nitrogens with one attached hydrogen (secondary N) is 1. The molecule has 1 aromatic heterocycles. The molecule has 0 spiro atoms. The number of aromatic nitrogens is 2. The smallest absolute Gasteiger partial charge is 0.358 e. The summed E-state index contributed by atoms with van der Waals surface area (Å²) in [6.07, 6.45) is 2.80. The topological polar surface area (TPSA) is 116 Å². The number of unbranched alkanes of at least 4 members (excludes halogenated alkanes) is 1. The summed E-state index contributed by atoms with van der Waals surface area (Å²) in [5.41, 5.74) is 5.31. The minimum Gasteiger partial charge on any atom is -0.358 e. The number of imidazole rings is 1. The molecule has 0 saturated heterocycles. The van der Waals surface area contributed by atoms with E-state index in [-0.39, 0.29) is 11.6 Å². The lowest BCUT2D eigenvalue weighted by Gasteiger charge is -2.01. The van der Waals surface area contributed by atoms with E-state index in [0.717, 1.165) is 12.8 Å². The van der Waals surface area contributed by atoms with E-state index in [9.17, 15) is 14.9 Å². The molecule has 0 unspecified atom stereocenters. The predicted molar refractivity (Wildman–Crippen MR) is 60.5 cm³/mol. The monoisotopic (exact) mass is 241 g/mol. The Bertz CT molecular complexity index is 415. The zero-order valence-corrected chi connectivity index (χ0v) is 9.55. The van der Waals surface area contributed by atoms with Crippen LogP contribution in [0.3, 0.4) is 0 Å². The number of nitrogens with zero attached hydrogens (tertiary/aromatic N) is 3. The molecule has 0 atom stereocenters. The number of carbonyl (C=O) groups is 1. The van der Waals surface area contributed by atoms with E-state index in [4.69, 9.17) is 5.73 Å². The van der Waals surface area contributed by atoms with Crippen LogP contribution in [0.15, 0.2) is 6.20 Å². The van der Waals surface area contributed by atoms with E-state index in [1.807, 2.05) is 0 Å². The molecule has 0 aliphatic heterocycles. The van der Waals surface area contributed by atoms with Gasteiger partial charge in [0.25, 0.3) is 0 Å². The summed E-state index contributed by atoms with van der Waals surface area (Å²) in [6, 6.07) is 0. The SMILES string of the molecule is Cn1cc([N+](=O)[O-])nc1C(=O)NCCCCN. The highest BCUT2D eigenvalue weighted by Crippen LogP contribution is 2.09. The van der Waals surface area contributed by atoms with Crippen LogP contribution in [0.25, 0.3) is 0 Å². The molecular formula is C9H15N5O3. The molecule has 1 amide bonds. The fraction of sp³-hybridized carbons (Fsp3) is 0.556. The first-order chi connectivity index (χ1) is 8.06. The molecule has 3 N–H and O–H groups in total. The zero-order valence-electron chi connectivity index (χ0n) is 9.55. The minimum atomic E-state index is -0.634. The molecule has 8 nitrogen and oxygen atoms in total. The molecule has 0 radical (unpaired) electrons. The maximum atomic E-state index is 11.6. The third-order valence-corrected chi connectivity index (χ3v) is 2.17. The minimum absolute atomic E-state index is 0.0319. The highest BCUT2D eigenvalue weighted by Gasteiger charge is 2.22. The summed E-state index contributed by atoms with van der Waals surface area (Å²) in [4.78, 5) is 25.1. The summed E-state index contributed by atoms with van der Waals surface area (Å²) >= 11 is 0. The molecule has 1 heterocycles.